The molecule has 14 heavy (non-hydrogen) atoms. The van der Waals surface area contributed by atoms with Crippen molar-refractivity contribution < 1.29 is 9.90 Å². The molecule has 2 rings (SSSR count). The molecule has 0 unspecified atom stereocenters. The summed E-state index contributed by atoms with van der Waals surface area (Å²) in [6, 6.07) is 0. The zero-order valence-electron chi connectivity index (χ0n) is 7.06. The number of hydrogen-bond donors (Lipinski definition) is 3. The number of aliphatic carboxylic acids is 1. The number of nitrogens with zero attached hydrogens (tertiary/aromatic N) is 3. The van der Waals surface area contributed by atoms with Crippen LogP contribution in [0.3, 0.4) is 0 Å². The van der Waals surface area contributed by atoms with E-state index in [1.165, 1.54) is 17.2 Å². The lowest BCUT2D eigenvalue weighted by molar-refractivity contribution is -0.137. The highest BCUT2D eigenvalue weighted by molar-refractivity contribution is 5.72. The van der Waals surface area contributed by atoms with E-state index in [1.54, 1.807) is 0 Å². The second-order valence-corrected chi connectivity index (χ2v) is 2.72. The van der Waals surface area contributed by atoms with E-state index in [-0.39, 0.29) is 12.0 Å². The fraction of sp³-hybridized carbons (Fsp3) is 0.143. The molecule has 2 aromatic heterocycles. The SMILES string of the molecule is N=c1ncn(CC(=O)O)c2nc[nH]c12. The molecule has 0 atom stereocenters. The number of carboxylic acids is 1. The average molecular weight is 193 g/mol. The van der Waals surface area contributed by atoms with Crippen LogP contribution in [0.5, 0.6) is 0 Å². The predicted octanol–water partition coefficient (Wildman–Crippen LogP) is -0.677. The van der Waals surface area contributed by atoms with Crippen molar-refractivity contribution in [3.05, 3.63) is 18.1 Å². The van der Waals surface area contributed by atoms with Crippen molar-refractivity contribution in [3.8, 4) is 0 Å². The van der Waals surface area contributed by atoms with Crippen LogP contribution in [0, 0.1) is 5.41 Å². The van der Waals surface area contributed by atoms with Gasteiger partial charge in [-0.1, -0.05) is 0 Å². The molecule has 0 fully saturated rings. The number of imidazole rings is 1. The first kappa shape index (κ1) is 8.42. The molecular formula is C7H7N5O2. The van der Waals surface area contributed by atoms with Gasteiger partial charge in [-0.2, -0.15) is 0 Å². The van der Waals surface area contributed by atoms with Gasteiger partial charge in [-0.15, -0.1) is 0 Å². The summed E-state index contributed by atoms with van der Waals surface area (Å²) < 4.78 is 1.37. The molecule has 0 saturated carbocycles. The minimum absolute atomic E-state index is 0.0548. The van der Waals surface area contributed by atoms with Gasteiger partial charge in [-0.05, 0) is 0 Å². The highest BCUT2D eigenvalue weighted by atomic mass is 16.4. The van der Waals surface area contributed by atoms with E-state index in [9.17, 15) is 4.79 Å². The maximum Gasteiger partial charge on any atom is 0.323 e. The van der Waals surface area contributed by atoms with Gasteiger partial charge in [0.05, 0.1) is 12.7 Å². The summed E-state index contributed by atoms with van der Waals surface area (Å²) in [5.41, 5.74) is 0.917. The lowest BCUT2D eigenvalue weighted by Crippen LogP contribution is -2.16. The maximum absolute atomic E-state index is 10.5. The molecule has 0 bridgehead atoms. The molecule has 0 radical (unpaired) electrons. The van der Waals surface area contributed by atoms with Crippen LogP contribution in [-0.4, -0.2) is 30.6 Å². The van der Waals surface area contributed by atoms with Gasteiger partial charge in [0.15, 0.2) is 11.1 Å². The average Bonchev–Trinajstić information content (AvgIpc) is 2.58. The number of aromatic nitrogens is 4. The number of H-pyrrole nitrogens is 1. The highest BCUT2D eigenvalue weighted by Gasteiger charge is 2.06. The Balaban J connectivity index is 2.66. The monoisotopic (exact) mass is 193 g/mol. The first-order chi connectivity index (χ1) is 6.68. The summed E-state index contributed by atoms with van der Waals surface area (Å²) in [5.74, 6) is -0.973. The predicted molar refractivity (Wildman–Crippen MR) is 45.4 cm³/mol. The number of rotatable bonds is 2. The molecular weight excluding hydrogens is 186 g/mol. The molecule has 0 amide bonds. The number of aromatic amines is 1. The minimum atomic E-state index is -0.973. The molecule has 0 aliphatic heterocycles. The Morgan fingerprint density at radius 3 is 3.14 bits per heavy atom. The first-order valence-corrected chi connectivity index (χ1v) is 3.83. The van der Waals surface area contributed by atoms with E-state index in [2.05, 4.69) is 15.0 Å². The van der Waals surface area contributed by atoms with Crippen LogP contribution < -0.4 is 5.49 Å². The molecule has 7 heteroatoms. The van der Waals surface area contributed by atoms with Gasteiger partial charge in [0.25, 0.3) is 0 Å². The molecule has 7 nitrogen and oxygen atoms in total. The molecule has 0 saturated heterocycles. The second kappa shape index (κ2) is 2.95. The fourth-order valence-corrected chi connectivity index (χ4v) is 1.19. The zero-order valence-corrected chi connectivity index (χ0v) is 7.06. The number of fused-ring (bicyclic) bond motifs is 1. The summed E-state index contributed by atoms with van der Waals surface area (Å²) in [5, 5.41) is 16.0. The number of carbonyl (C=O) groups is 1. The van der Waals surface area contributed by atoms with Crippen molar-refractivity contribution in [3.63, 3.8) is 0 Å². The Hall–Kier alpha value is -2.18. The molecule has 72 valence electrons. The summed E-state index contributed by atoms with van der Waals surface area (Å²) >= 11 is 0. The third-order valence-electron chi connectivity index (χ3n) is 1.76. The smallest absolute Gasteiger partial charge is 0.323 e. The van der Waals surface area contributed by atoms with Gasteiger partial charge < -0.3 is 14.7 Å². The molecule has 0 spiro atoms. The van der Waals surface area contributed by atoms with Crippen LogP contribution in [0.2, 0.25) is 0 Å². The largest absolute Gasteiger partial charge is 0.480 e. The van der Waals surface area contributed by atoms with Gasteiger partial charge in [-0.25, -0.2) is 9.97 Å². The molecule has 0 aliphatic carbocycles. The zero-order chi connectivity index (χ0) is 10.1. The standard InChI is InChI=1S/C7H7N5O2/c8-6-5-7(10-2-9-5)12(3-11-6)1-4(13)14/h2-3,8H,1H2,(H,9,10)(H,13,14). The minimum Gasteiger partial charge on any atom is -0.480 e. The van der Waals surface area contributed by atoms with Crippen molar-refractivity contribution in [1.82, 2.24) is 19.5 Å². The Morgan fingerprint density at radius 2 is 2.43 bits per heavy atom. The van der Waals surface area contributed by atoms with Crippen molar-refractivity contribution in [2.75, 3.05) is 0 Å². The maximum atomic E-state index is 10.5. The van der Waals surface area contributed by atoms with Crippen molar-refractivity contribution in [1.29, 1.82) is 5.41 Å². The normalized spacial score (nSPS) is 10.6. The fourth-order valence-electron chi connectivity index (χ4n) is 1.19. The van der Waals surface area contributed by atoms with Crippen LogP contribution >= 0.6 is 0 Å². The molecule has 0 aromatic carbocycles. The van der Waals surface area contributed by atoms with Crippen LogP contribution in [-0.2, 0) is 11.3 Å². The molecule has 0 aliphatic rings. The van der Waals surface area contributed by atoms with E-state index in [1.807, 2.05) is 0 Å². The van der Waals surface area contributed by atoms with Crippen molar-refractivity contribution >= 4 is 17.1 Å². The van der Waals surface area contributed by atoms with Gasteiger partial charge in [-0.3, -0.25) is 10.2 Å². The van der Waals surface area contributed by atoms with Gasteiger partial charge in [0.1, 0.15) is 12.1 Å². The van der Waals surface area contributed by atoms with Crippen LogP contribution in [0.1, 0.15) is 0 Å². The van der Waals surface area contributed by atoms with Gasteiger partial charge >= 0.3 is 5.97 Å². The highest BCUT2D eigenvalue weighted by Crippen LogP contribution is 2.01. The van der Waals surface area contributed by atoms with Crippen LogP contribution in [0.25, 0.3) is 11.2 Å². The lowest BCUT2D eigenvalue weighted by Gasteiger charge is -2.01. The number of carboxylic acid groups (broad SMARTS) is 1. The van der Waals surface area contributed by atoms with Crippen LogP contribution in [0.15, 0.2) is 12.7 Å². The van der Waals surface area contributed by atoms with Crippen molar-refractivity contribution in [2.45, 2.75) is 6.54 Å². The number of hydrogen-bond acceptors (Lipinski definition) is 4. The molecule has 3 N–H and O–H groups in total. The topological polar surface area (TPSA) is 108 Å². The summed E-state index contributed by atoms with van der Waals surface area (Å²) in [6.07, 6.45) is 2.70. The quantitative estimate of drug-likeness (QED) is 0.587. The third-order valence-corrected chi connectivity index (χ3v) is 1.76. The van der Waals surface area contributed by atoms with E-state index in [0.717, 1.165) is 0 Å². The van der Waals surface area contributed by atoms with E-state index < -0.39 is 5.97 Å². The Morgan fingerprint density at radius 1 is 1.64 bits per heavy atom. The van der Waals surface area contributed by atoms with E-state index in [0.29, 0.717) is 11.2 Å². The number of nitrogens with one attached hydrogen (secondary N) is 2. The Labute approximate surface area is 77.6 Å². The van der Waals surface area contributed by atoms with E-state index in [4.69, 9.17) is 10.5 Å². The summed E-state index contributed by atoms with van der Waals surface area (Å²) in [7, 11) is 0. The summed E-state index contributed by atoms with van der Waals surface area (Å²) in [6.45, 7) is -0.214. The van der Waals surface area contributed by atoms with Gasteiger partial charge in [0, 0.05) is 0 Å². The molecule has 2 heterocycles. The third kappa shape index (κ3) is 1.24. The first-order valence-electron chi connectivity index (χ1n) is 3.83. The lowest BCUT2D eigenvalue weighted by atomic mass is 10.5. The molecule has 2 aromatic rings. The second-order valence-electron chi connectivity index (χ2n) is 2.72. The van der Waals surface area contributed by atoms with E-state index >= 15 is 0 Å². The summed E-state index contributed by atoms with van der Waals surface area (Å²) in [4.78, 5) is 20.9. The Bertz CT molecular complexity index is 540. The van der Waals surface area contributed by atoms with Crippen LogP contribution in [0.4, 0.5) is 0 Å². The Kier molecular flexibility index (Phi) is 1.77. The van der Waals surface area contributed by atoms with Gasteiger partial charge in [0.2, 0.25) is 0 Å². The van der Waals surface area contributed by atoms with Crippen molar-refractivity contribution in [2.24, 2.45) is 0 Å².